The van der Waals surface area contributed by atoms with E-state index in [4.69, 9.17) is 0 Å². The van der Waals surface area contributed by atoms with Gasteiger partial charge in [-0.15, -0.1) is 0 Å². The number of nitrogens with one attached hydrogen (secondary N) is 2. The zero-order chi connectivity index (χ0) is 11.5. The highest BCUT2D eigenvalue weighted by atomic mass is 19.1. The van der Waals surface area contributed by atoms with Gasteiger partial charge in [0.1, 0.15) is 5.82 Å². The first kappa shape index (κ1) is 11.1. The molecule has 2 rings (SSSR count). The SMILES string of the molecule is CC1CC1NCC(=O)Nc1cccc(F)c1. The second-order valence-electron chi connectivity index (χ2n) is 4.26. The lowest BCUT2D eigenvalue weighted by molar-refractivity contribution is -0.115. The maximum atomic E-state index is 12.8. The van der Waals surface area contributed by atoms with Crippen molar-refractivity contribution in [1.82, 2.24) is 5.32 Å². The van der Waals surface area contributed by atoms with Gasteiger partial charge >= 0.3 is 0 Å². The lowest BCUT2D eigenvalue weighted by Crippen LogP contribution is -2.30. The highest BCUT2D eigenvalue weighted by molar-refractivity contribution is 5.92. The fraction of sp³-hybridized carbons (Fsp3) is 0.417. The summed E-state index contributed by atoms with van der Waals surface area (Å²) in [6, 6.07) is 6.36. The van der Waals surface area contributed by atoms with Crippen LogP contribution in [0.5, 0.6) is 0 Å². The molecule has 0 bridgehead atoms. The Bertz CT molecular complexity index is 394. The van der Waals surface area contributed by atoms with Crippen molar-refractivity contribution in [3.8, 4) is 0 Å². The Morgan fingerprint density at radius 3 is 2.94 bits per heavy atom. The van der Waals surface area contributed by atoms with Crippen molar-refractivity contribution in [3.05, 3.63) is 30.1 Å². The Hall–Kier alpha value is -1.42. The van der Waals surface area contributed by atoms with E-state index in [2.05, 4.69) is 17.6 Å². The summed E-state index contributed by atoms with van der Waals surface area (Å²) in [5, 5.41) is 5.77. The van der Waals surface area contributed by atoms with Gasteiger partial charge in [0.25, 0.3) is 0 Å². The first-order chi connectivity index (χ1) is 7.65. The van der Waals surface area contributed by atoms with E-state index in [1.807, 2.05) is 0 Å². The number of anilines is 1. The summed E-state index contributed by atoms with van der Waals surface area (Å²) in [6.07, 6.45) is 1.13. The average molecular weight is 222 g/mol. The predicted molar refractivity (Wildman–Crippen MR) is 60.6 cm³/mol. The second-order valence-corrected chi connectivity index (χ2v) is 4.26. The highest BCUT2D eigenvalue weighted by Gasteiger charge is 2.32. The molecule has 2 unspecified atom stereocenters. The average Bonchev–Trinajstić information content (AvgIpc) is 2.92. The number of halogens is 1. The van der Waals surface area contributed by atoms with Crippen LogP contribution in [0, 0.1) is 11.7 Å². The van der Waals surface area contributed by atoms with Gasteiger partial charge in [-0.2, -0.15) is 0 Å². The molecular weight excluding hydrogens is 207 g/mol. The number of hydrogen-bond donors (Lipinski definition) is 2. The first-order valence-electron chi connectivity index (χ1n) is 5.44. The van der Waals surface area contributed by atoms with Crippen LogP contribution in [-0.4, -0.2) is 18.5 Å². The fourth-order valence-corrected chi connectivity index (χ4v) is 1.60. The van der Waals surface area contributed by atoms with Gasteiger partial charge in [-0.3, -0.25) is 4.79 Å². The van der Waals surface area contributed by atoms with E-state index in [0.717, 1.165) is 6.42 Å². The van der Waals surface area contributed by atoms with Gasteiger partial charge in [-0.1, -0.05) is 13.0 Å². The molecule has 1 aromatic rings. The maximum absolute atomic E-state index is 12.8. The molecule has 0 heterocycles. The quantitative estimate of drug-likeness (QED) is 0.815. The standard InChI is InChI=1S/C12H15FN2O/c1-8-5-11(8)14-7-12(16)15-10-4-2-3-9(13)6-10/h2-4,6,8,11,14H,5,7H2,1H3,(H,15,16). The molecule has 4 heteroatoms. The van der Waals surface area contributed by atoms with Crippen LogP contribution in [-0.2, 0) is 4.79 Å². The number of hydrogen-bond acceptors (Lipinski definition) is 2. The summed E-state index contributed by atoms with van der Waals surface area (Å²) < 4.78 is 12.8. The Balaban J connectivity index is 1.78. The van der Waals surface area contributed by atoms with Crippen LogP contribution >= 0.6 is 0 Å². The van der Waals surface area contributed by atoms with Gasteiger partial charge in [0.15, 0.2) is 0 Å². The molecule has 1 saturated carbocycles. The van der Waals surface area contributed by atoms with Crippen LogP contribution in [0.15, 0.2) is 24.3 Å². The lowest BCUT2D eigenvalue weighted by Gasteiger charge is -2.06. The summed E-state index contributed by atoms with van der Waals surface area (Å²) in [6.45, 7) is 2.42. The van der Waals surface area contributed by atoms with Gasteiger partial charge in [-0.25, -0.2) is 4.39 Å². The van der Waals surface area contributed by atoms with Crippen LogP contribution in [0.25, 0.3) is 0 Å². The van der Waals surface area contributed by atoms with Crippen molar-refractivity contribution < 1.29 is 9.18 Å². The predicted octanol–water partition coefficient (Wildman–Crippen LogP) is 1.76. The molecule has 1 aliphatic rings. The number of amides is 1. The van der Waals surface area contributed by atoms with Crippen molar-refractivity contribution in [3.63, 3.8) is 0 Å². The summed E-state index contributed by atoms with van der Waals surface area (Å²) in [7, 11) is 0. The minimum Gasteiger partial charge on any atom is -0.325 e. The third kappa shape index (κ3) is 3.03. The van der Waals surface area contributed by atoms with Crippen LogP contribution in [0.1, 0.15) is 13.3 Å². The fourth-order valence-electron chi connectivity index (χ4n) is 1.60. The van der Waals surface area contributed by atoms with E-state index in [-0.39, 0.29) is 18.3 Å². The van der Waals surface area contributed by atoms with E-state index < -0.39 is 0 Å². The normalized spacial score (nSPS) is 22.9. The van der Waals surface area contributed by atoms with Gasteiger partial charge < -0.3 is 10.6 Å². The third-order valence-electron chi connectivity index (χ3n) is 2.74. The smallest absolute Gasteiger partial charge is 0.238 e. The summed E-state index contributed by atoms with van der Waals surface area (Å²) in [5.41, 5.74) is 0.496. The van der Waals surface area contributed by atoms with Crippen molar-refractivity contribution in [2.75, 3.05) is 11.9 Å². The minimum atomic E-state index is -0.346. The topological polar surface area (TPSA) is 41.1 Å². The monoisotopic (exact) mass is 222 g/mol. The molecule has 86 valence electrons. The minimum absolute atomic E-state index is 0.135. The molecule has 3 nitrogen and oxygen atoms in total. The van der Waals surface area contributed by atoms with Crippen molar-refractivity contribution in [2.24, 2.45) is 5.92 Å². The van der Waals surface area contributed by atoms with Gasteiger partial charge in [-0.05, 0) is 30.5 Å². The molecule has 0 radical (unpaired) electrons. The van der Waals surface area contributed by atoms with Gasteiger partial charge in [0.05, 0.1) is 6.54 Å². The molecule has 2 atom stereocenters. The maximum Gasteiger partial charge on any atom is 0.238 e. The van der Waals surface area contributed by atoms with E-state index in [1.165, 1.54) is 12.1 Å². The third-order valence-corrected chi connectivity index (χ3v) is 2.74. The molecule has 0 aromatic heterocycles. The number of rotatable bonds is 4. The molecule has 0 aliphatic heterocycles. The molecule has 0 saturated heterocycles. The van der Waals surface area contributed by atoms with E-state index in [9.17, 15) is 9.18 Å². The molecule has 16 heavy (non-hydrogen) atoms. The number of carbonyl (C=O) groups excluding carboxylic acids is 1. The van der Waals surface area contributed by atoms with E-state index >= 15 is 0 Å². The summed E-state index contributed by atoms with van der Waals surface area (Å²) >= 11 is 0. The zero-order valence-corrected chi connectivity index (χ0v) is 9.16. The largest absolute Gasteiger partial charge is 0.325 e. The van der Waals surface area contributed by atoms with Crippen molar-refractivity contribution >= 4 is 11.6 Å². The molecule has 0 spiro atoms. The van der Waals surface area contributed by atoms with E-state index in [0.29, 0.717) is 17.6 Å². The molecule has 1 fully saturated rings. The van der Waals surface area contributed by atoms with Crippen LogP contribution in [0.3, 0.4) is 0 Å². The Kier molecular flexibility index (Phi) is 3.19. The summed E-state index contributed by atoms with van der Waals surface area (Å²) in [4.78, 5) is 11.5. The van der Waals surface area contributed by atoms with Gasteiger partial charge in [0, 0.05) is 11.7 Å². The zero-order valence-electron chi connectivity index (χ0n) is 9.16. The number of carbonyl (C=O) groups is 1. The Morgan fingerprint density at radius 2 is 2.31 bits per heavy atom. The highest BCUT2D eigenvalue weighted by Crippen LogP contribution is 2.28. The first-order valence-corrected chi connectivity index (χ1v) is 5.44. The molecular formula is C12H15FN2O. The van der Waals surface area contributed by atoms with Crippen LogP contribution < -0.4 is 10.6 Å². The molecule has 1 aliphatic carbocycles. The summed E-state index contributed by atoms with van der Waals surface area (Å²) in [5.74, 6) is 0.188. The molecule has 1 amide bonds. The Morgan fingerprint density at radius 1 is 1.56 bits per heavy atom. The van der Waals surface area contributed by atoms with Gasteiger partial charge in [0.2, 0.25) is 5.91 Å². The molecule has 1 aromatic carbocycles. The van der Waals surface area contributed by atoms with Crippen molar-refractivity contribution in [2.45, 2.75) is 19.4 Å². The van der Waals surface area contributed by atoms with Crippen LogP contribution in [0.2, 0.25) is 0 Å². The van der Waals surface area contributed by atoms with Crippen LogP contribution in [0.4, 0.5) is 10.1 Å². The van der Waals surface area contributed by atoms with Crippen molar-refractivity contribution in [1.29, 1.82) is 0 Å². The Labute approximate surface area is 94.0 Å². The van der Waals surface area contributed by atoms with E-state index in [1.54, 1.807) is 12.1 Å². The number of benzene rings is 1. The second kappa shape index (κ2) is 4.61. The lowest BCUT2D eigenvalue weighted by atomic mass is 10.3. The molecule has 2 N–H and O–H groups in total.